The van der Waals surface area contributed by atoms with Crippen LogP contribution in [0.15, 0.2) is 28.9 Å². The zero-order chi connectivity index (χ0) is 16.1. The largest absolute Gasteiger partial charge is 0.351 e. The standard InChI is InChI=1S/C15H20N6O2/c1-11-8-15(23-20-11)18-14(22)10-16-9-12-4-3-7-21(12)13-5-2-6-17-19-13/h2,5-6,8,12,16H,3-4,7,9-10H2,1H3,(H,18,22)/t12-/m1/s1. The van der Waals surface area contributed by atoms with E-state index in [2.05, 4.69) is 30.9 Å². The molecule has 1 fully saturated rings. The average molecular weight is 316 g/mol. The number of nitrogens with zero attached hydrogens (tertiary/aromatic N) is 4. The molecule has 0 spiro atoms. The first-order chi connectivity index (χ1) is 11.2. The van der Waals surface area contributed by atoms with E-state index in [-0.39, 0.29) is 12.5 Å². The van der Waals surface area contributed by atoms with Gasteiger partial charge in [-0.15, -0.1) is 5.10 Å². The molecule has 0 aromatic carbocycles. The van der Waals surface area contributed by atoms with E-state index in [9.17, 15) is 4.79 Å². The molecule has 2 aromatic heterocycles. The molecule has 23 heavy (non-hydrogen) atoms. The summed E-state index contributed by atoms with van der Waals surface area (Å²) in [5.41, 5.74) is 0.735. The lowest BCUT2D eigenvalue weighted by molar-refractivity contribution is -0.115. The van der Waals surface area contributed by atoms with Crippen LogP contribution in [0.5, 0.6) is 0 Å². The highest BCUT2D eigenvalue weighted by molar-refractivity contribution is 5.90. The Morgan fingerprint density at radius 3 is 3.17 bits per heavy atom. The lowest BCUT2D eigenvalue weighted by Gasteiger charge is -2.25. The van der Waals surface area contributed by atoms with Crippen molar-refractivity contribution >= 4 is 17.6 Å². The van der Waals surface area contributed by atoms with Crippen molar-refractivity contribution in [1.82, 2.24) is 20.7 Å². The van der Waals surface area contributed by atoms with Crippen molar-refractivity contribution in [1.29, 1.82) is 0 Å². The number of aryl methyl sites for hydroxylation is 1. The highest BCUT2D eigenvalue weighted by Crippen LogP contribution is 2.22. The van der Waals surface area contributed by atoms with Gasteiger partial charge in [0.05, 0.1) is 12.2 Å². The molecule has 8 nitrogen and oxygen atoms in total. The highest BCUT2D eigenvalue weighted by Gasteiger charge is 2.25. The van der Waals surface area contributed by atoms with Gasteiger partial charge in [0.2, 0.25) is 11.8 Å². The molecule has 0 aliphatic carbocycles. The number of aromatic nitrogens is 3. The number of rotatable bonds is 6. The van der Waals surface area contributed by atoms with E-state index in [0.717, 1.165) is 37.4 Å². The second kappa shape index (κ2) is 7.19. The van der Waals surface area contributed by atoms with E-state index in [1.165, 1.54) is 0 Å². The minimum absolute atomic E-state index is 0.148. The van der Waals surface area contributed by atoms with Gasteiger partial charge in [0.15, 0.2) is 5.82 Å². The van der Waals surface area contributed by atoms with Crippen molar-refractivity contribution in [2.24, 2.45) is 0 Å². The zero-order valence-corrected chi connectivity index (χ0v) is 13.0. The topological polar surface area (TPSA) is 96.2 Å². The first kappa shape index (κ1) is 15.4. The van der Waals surface area contributed by atoms with Crippen LogP contribution in [0.1, 0.15) is 18.5 Å². The average Bonchev–Trinajstić information content (AvgIpc) is 3.17. The molecule has 0 bridgehead atoms. The number of carbonyl (C=O) groups is 1. The summed E-state index contributed by atoms with van der Waals surface area (Å²) in [6, 6.07) is 5.86. The van der Waals surface area contributed by atoms with Gasteiger partial charge in [-0.1, -0.05) is 5.16 Å². The molecule has 2 N–H and O–H groups in total. The van der Waals surface area contributed by atoms with Crippen LogP contribution in [0, 0.1) is 6.92 Å². The maximum absolute atomic E-state index is 11.8. The highest BCUT2D eigenvalue weighted by atomic mass is 16.5. The Labute approximate surface area is 134 Å². The Hall–Kier alpha value is -2.48. The summed E-state index contributed by atoms with van der Waals surface area (Å²) >= 11 is 0. The molecule has 0 radical (unpaired) electrons. The summed E-state index contributed by atoms with van der Waals surface area (Å²) in [6.07, 6.45) is 3.86. The van der Waals surface area contributed by atoms with Gasteiger partial charge < -0.3 is 14.7 Å². The van der Waals surface area contributed by atoms with Crippen molar-refractivity contribution in [3.8, 4) is 0 Å². The van der Waals surface area contributed by atoms with Crippen LogP contribution in [-0.2, 0) is 4.79 Å². The Morgan fingerprint density at radius 1 is 1.52 bits per heavy atom. The minimum atomic E-state index is -0.148. The van der Waals surface area contributed by atoms with Crippen molar-refractivity contribution in [3.05, 3.63) is 30.1 Å². The monoisotopic (exact) mass is 316 g/mol. The first-order valence-electron chi connectivity index (χ1n) is 7.70. The van der Waals surface area contributed by atoms with Crippen LogP contribution >= 0.6 is 0 Å². The fourth-order valence-electron chi connectivity index (χ4n) is 2.75. The van der Waals surface area contributed by atoms with Gasteiger partial charge >= 0.3 is 0 Å². The quantitative estimate of drug-likeness (QED) is 0.819. The summed E-state index contributed by atoms with van der Waals surface area (Å²) in [5, 5.41) is 17.7. The second-order valence-corrected chi connectivity index (χ2v) is 5.58. The SMILES string of the molecule is Cc1cc(NC(=O)CNC[C@H]2CCCN2c2cccnn2)on1. The number of carbonyl (C=O) groups excluding carboxylic acids is 1. The van der Waals surface area contributed by atoms with Crippen LogP contribution in [-0.4, -0.2) is 46.9 Å². The van der Waals surface area contributed by atoms with E-state index >= 15 is 0 Å². The lowest BCUT2D eigenvalue weighted by atomic mass is 10.2. The summed E-state index contributed by atoms with van der Waals surface area (Å²) in [7, 11) is 0. The molecule has 1 saturated heterocycles. The van der Waals surface area contributed by atoms with E-state index in [1.807, 2.05) is 12.1 Å². The zero-order valence-electron chi connectivity index (χ0n) is 13.0. The fourth-order valence-corrected chi connectivity index (χ4v) is 2.75. The summed E-state index contributed by atoms with van der Waals surface area (Å²) < 4.78 is 4.96. The third-order valence-electron chi connectivity index (χ3n) is 3.79. The molecule has 3 heterocycles. The van der Waals surface area contributed by atoms with Crippen LogP contribution in [0.2, 0.25) is 0 Å². The maximum Gasteiger partial charge on any atom is 0.240 e. The normalized spacial score (nSPS) is 17.4. The maximum atomic E-state index is 11.8. The molecule has 122 valence electrons. The third-order valence-corrected chi connectivity index (χ3v) is 3.79. The van der Waals surface area contributed by atoms with Gasteiger partial charge in [-0.25, -0.2) is 0 Å². The number of amides is 1. The molecular formula is C15H20N6O2. The molecule has 8 heteroatoms. The molecule has 2 aromatic rings. The number of hydrogen-bond donors (Lipinski definition) is 2. The van der Waals surface area contributed by atoms with Crippen LogP contribution < -0.4 is 15.5 Å². The van der Waals surface area contributed by atoms with Gasteiger partial charge in [0, 0.05) is 31.4 Å². The Balaban J connectivity index is 1.45. The van der Waals surface area contributed by atoms with Gasteiger partial charge in [0.25, 0.3) is 0 Å². The smallest absolute Gasteiger partial charge is 0.240 e. The summed E-state index contributed by atoms with van der Waals surface area (Å²) in [5.74, 6) is 1.11. The van der Waals surface area contributed by atoms with Gasteiger partial charge in [-0.2, -0.15) is 5.10 Å². The van der Waals surface area contributed by atoms with Gasteiger partial charge in [-0.05, 0) is 31.9 Å². The second-order valence-electron chi connectivity index (χ2n) is 5.58. The van der Waals surface area contributed by atoms with Crippen molar-refractivity contribution in [2.75, 3.05) is 29.9 Å². The predicted molar refractivity (Wildman–Crippen MR) is 85.1 cm³/mol. The van der Waals surface area contributed by atoms with Gasteiger partial charge in [0.1, 0.15) is 0 Å². The summed E-state index contributed by atoms with van der Waals surface area (Å²) in [6.45, 7) is 3.72. The molecule has 1 aliphatic rings. The summed E-state index contributed by atoms with van der Waals surface area (Å²) in [4.78, 5) is 14.1. The molecule has 1 aliphatic heterocycles. The molecule has 0 unspecified atom stereocenters. The van der Waals surface area contributed by atoms with E-state index in [4.69, 9.17) is 4.52 Å². The van der Waals surface area contributed by atoms with Crippen LogP contribution in [0.4, 0.5) is 11.7 Å². The Kier molecular flexibility index (Phi) is 4.82. The van der Waals surface area contributed by atoms with Crippen LogP contribution in [0.25, 0.3) is 0 Å². The minimum Gasteiger partial charge on any atom is -0.351 e. The first-order valence-corrected chi connectivity index (χ1v) is 7.70. The fraction of sp³-hybridized carbons (Fsp3) is 0.467. The van der Waals surface area contributed by atoms with Gasteiger partial charge in [-0.3, -0.25) is 10.1 Å². The third kappa shape index (κ3) is 4.04. The molecule has 1 atom stereocenters. The Morgan fingerprint density at radius 2 is 2.43 bits per heavy atom. The predicted octanol–water partition coefficient (Wildman–Crippen LogP) is 0.970. The lowest BCUT2D eigenvalue weighted by Crippen LogP contribution is -2.41. The number of hydrogen-bond acceptors (Lipinski definition) is 7. The van der Waals surface area contributed by atoms with E-state index in [1.54, 1.807) is 19.2 Å². The van der Waals surface area contributed by atoms with Crippen LogP contribution in [0.3, 0.4) is 0 Å². The number of nitrogens with one attached hydrogen (secondary N) is 2. The van der Waals surface area contributed by atoms with Crippen molar-refractivity contribution in [3.63, 3.8) is 0 Å². The van der Waals surface area contributed by atoms with E-state index in [0.29, 0.717) is 11.9 Å². The molecule has 0 saturated carbocycles. The van der Waals surface area contributed by atoms with E-state index < -0.39 is 0 Å². The molecule has 3 rings (SSSR count). The van der Waals surface area contributed by atoms with Crippen molar-refractivity contribution < 1.29 is 9.32 Å². The molecular weight excluding hydrogens is 296 g/mol. The number of anilines is 2. The van der Waals surface area contributed by atoms with Crippen molar-refractivity contribution in [2.45, 2.75) is 25.8 Å². The molecule has 1 amide bonds. The Bertz CT molecular complexity index is 644.